The molecule has 0 aromatic carbocycles. The summed E-state index contributed by atoms with van der Waals surface area (Å²) in [5.74, 6) is -2.35. The zero-order valence-corrected chi connectivity index (χ0v) is 12.2. The Labute approximate surface area is 119 Å². The van der Waals surface area contributed by atoms with Gasteiger partial charge < -0.3 is 15.5 Å². The van der Waals surface area contributed by atoms with Crippen LogP contribution in [0.1, 0.15) is 33.6 Å². The van der Waals surface area contributed by atoms with Gasteiger partial charge in [-0.05, 0) is 33.1 Å². The van der Waals surface area contributed by atoms with Crippen molar-refractivity contribution in [2.75, 3.05) is 6.54 Å². The molecule has 1 aliphatic rings. The number of hydrogen-bond donors (Lipinski definition) is 3. The molecule has 1 fully saturated rings. The molecular formula is C15H23NO4. The molecule has 112 valence electrons. The van der Waals surface area contributed by atoms with Gasteiger partial charge >= 0.3 is 11.9 Å². The summed E-state index contributed by atoms with van der Waals surface area (Å²) in [7, 11) is 0. The van der Waals surface area contributed by atoms with Crippen LogP contribution in [0, 0.1) is 11.8 Å². The molecule has 3 atom stereocenters. The zero-order chi connectivity index (χ0) is 15.3. The Balaban J connectivity index is 2.83. The lowest BCUT2D eigenvalue weighted by Crippen LogP contribution is -2.36. The summed E-state index contributed by atoms with van der Waals surface area (Å²) in [5.41, 5.74) is 2.29. The third-order valence-electron chi connectivity index (χ3n) is 3.73. The molecule has 5 nitrogen and oxygen atoms in total. The Morgan fingerprint density at radius 2 is 1.85 bits per heavy atom. The molecule has 0 amide bonds. The van der Waals surface area contributed by atoms with Crippen molar-refractivity contribution in [3.8, 4) is 0 Å². The molecule has 1 saturated heterocycles. The van der Waals surface area contributed by atoms with Gasteiger partial charge in [0.15, 0.2) is 0 Å². The first kappa shape index (κ1) is 16.4. The van der Waals surface area contributed by atoms with Crippen LogP contribution >= 0.6 is 0 Å². The molecule has 0 bridgehead atoms. The molecule has 0 aliphatic carbocycles. The Morgan fingerprint density at radius 1 is 1.20 bits per heavy atom. The summed E-state index contributed by atoms with van der Waals surface area (Å²) >= 11 is 0. The van der Waals surface area contributed by atoms with Crippen molar-refractivity contribution < 1.29 is 19.8 Å². The predicted molar refractivity (Wildman–Crippen MR) is 76.5 cm³/mol. The maximum Gasteiger partial charge on any atom is 0.321 e. The van der Waals surface area contributed by atoms with Crippen molar-refractivity contribution in [3.05, 3.63) is 23.3 Å². The van der Waals surface area contributed by atoms with Gasteiger partial charge in [0, 0.05) is 12.5 Å². The van der Waals surface area contributed by atoms with Crippen LogP contribution in [0.25, 0.3) is 0 Å². The van der Waals surface area contributed by atoms with E-state index in [4.69, 9.17) is 10.2 Å². The van der Waals surface area contributed by atoms with E-state index >= 15 is 0 Å². The lowest BCUT2D eigenvalue weighted by molar-refractivity contribution is -0.142. The van der Waals surface area contributed by atoms with Crippen LogP contribution in [0.3, 0.4) is 0 Å². The van der Waals surface area contributed by atoms with E-state index in [1.165, 1.54) is 5.57 Å². The van der Waals surface area contributed by atoms with Gasteiger partial charge in [0.25, 0.3) is 0 Å². The minimum Gasteiger partial charge on any atom is -0.481 e. The lowest BCUT2D eigenvalue weighted by atomic mass is 9.83. The number of rotatable bonds is 6. The summed E-state index contributed by atoms with van der Waals surface area (Å²) in [6, 6.07) is -0.775. The van der Waals surface area contributed by atoms with Crippen LogP contribution < -0.4 is 5.32 Å². The van der Waals surface area contributed by atoms with Gasteiger partial charge in [-0.15, -0.1) is 0 Å². The van der Waals surface area contributed by atoms with Gasteiger partial charge in [0.2, 0.25) is 0 Å². The van der Waals surface area contributed by atoms with Crippen molar-refractivity contribution in [2.24, 2.45) is 11.8 Å². The molecule has 0 aromatic rings. The predicted octanol–water partition coefficient (Wildman–Crippen LogP) is 2.05. The highest BCUT2D eigenvalue weighted by Gasteiger charge is 2.41. The van der Waals surface area contributed by atoms with Crippen LogP contribution in [-0.4, -0.2) is 34.7 Å². The van der Waals surface area contributed by atoms with E-state index in [0.717, 1.165) is 12.0 Å². The van der Waals surface area contributed by atoms with E-state index in [-0.39, 0.29) is 12.3 Å². The van der Waals surface area contributed by atoms with E-state index in [0.29, 0.717) is 6.54 Å². The van der Waals surface area contributed by atoms with Gasteiger partial charge in [0.05, 0.1) is 6.42 Å². The molecule has 0 spiro atoms. The smallest absolute Gasteiger partial charge is 0.321 e. The Hall–Kier alpha value is -1.62. The minimum atomic E-state index is -0.976. The average molecular weight is 281 g/mol. The molecule has 0 unspecified atom stereocenters. The SMILES string of the molecule is CC(C)=CC/C=C(/C)[C@H]1CN[C@H](C(=O)O)[C@H]1CC(=O)O. The number of nitrogens with one attached hydrogen (secondary N) is 1. The molecule has 1 rings (SSSR count). The monoisotopic (exact) mass is 281 g/mol. The first-order valence-electron chi connectivity index (χ1n) is 6.81. The van der Waals surface area contributed by atoms with Gasteiger partial charge in [-0.2, -0.15) is 0 Å². The maximum absolute atomic E-state index is 11.2. The van der Waals surface area contributed by atoms with E-state index in [1.807, 2.05) is 20.8 Å². The highest BCUT2D eigenvalue weighted by atomic mass is 16.4. The van der Waals surface area contributed by atoms with Crippen LogP contribution in [-0.2, 0) is 9.59 Å². The summed E-state index contributed by atoms with van der Waals surface area (Å²) in [5, 5.41) is 21.1. The second-order valence-corrected chi connectivity index (χ2v) is 5.56. The largest absolute Gasteiger partial charge is 0.481 e. The molecule has 3 N–H and O–H groups in total. The fourth-order valence-corrected chi connectivity index (χ4v) is 2.65. The normalized spacial score (nSPS) is 26.4. The quantitative estimate of drug-likeness (QED) is 0.649. The first-order valence-corrected chi connectivity index (χ1v) is 6.81. The number of carbonyl (C=O) groups is 2. The zero-order valence-electron chi connectivity index (χ0n) is 12.2. The number of carboxylic acid groups (broad SMARTS) is 2. The number of carboxylic acids is 2. The first-order chi connectivity index (χ1) is 9.32. The molecule has 5 heteroatoms. The standard InChI is InChI=1S/C15H23NO4/c1-9(2)5-4-6-10(3)12-8-16-14(15(19)20)11(12)7-13(17)18/h5-6,11-12,14,16H,4,7-8H2,1-3H3,(H,17,18)(H,19,20)/b10-6-/t11-,12+,14-/m0/s1. The molecule has 0 aromatic heterocycles. The fraction of sp³-hybridized carbons (Fsp3) is 0.600. The number of aliphatic carboxylic acids is 2. The van der Waals surface area contributed by atoms with Crippen molar-refractivity contribution in [2.45, 2.75) is 39.7 Å². The van der Waals surface area contributed by atoms with Crippen LogP contribution in [0.5, 0.6) is 0 Å². The van der Waals surface area contributed by atoms with E-state index < -0.39 is 23.9 Å². The Morgan fingerprint density at radius 3 is 2.35 bits per heavy atom. The van der Waals surface area contributed by atoms with Gasteiger partial charge in [0.1, 0.15) is 6.04 Å². The highest BCUT2D eigenvalue weighted by Crippen LogP contribution is 2.31. The summed E-state index contributed by atoms with van der Waals surface area (Å²) < 4.78 is 0. The lowest BCUT2D eigenvalue weighted by Gasteiger charge is -2.20. The van der Waals surface area contributed by atoms with E-state index in [1.54, 1.807) is 0 Å². The number of allylic oxidation sites excluding steroid dienone is 3. The third-order valence-corrected chi connectivity index (χ3v) is 3.73. The van der Waals surface area contributed by atoms with Crippen LogP contribution in [0.4, 0.5) is 0 Å². The molecule has 1 aliphatic heterocycles. The maximum atomic E-state index is 11.2. The highest BCUT2D eigenvalue weighted by molar-refractivity contribution is 5.76. The summed E-state index contributed by atoms with van der Waals surface area (Å²) in [6.07, 6.45) is 4.82. The van der Waals surface area contributed by atoms with Crippen molar-refractivity contribution in [1.82, 2.24) is 5.32 Å². The van der Waals surface area contributed by atoms with Crippen molar-refractivity contribution in [1.29, 1.82) is 0 Å². The molecular weight excluding hydrogens is 258 g/mol. The molecule has 1 heterocycles. The summed E-state index contributed by atoms with van der Waals surface area (Å²) in [6.45, 7) is 6.51. The Kier molecular flexibility index (Phi) is 5.95. The third kappa shape index (κ3) is 4.49. The second-order valence-electron chi connectivity index (χ2n) is 5.56. The van der Waals surface area contributed by atoms with Gasteiger partial charge in [-0.1, -0.05) is 23.3 Å². The van der Waals surface area contributed by atoms with E-state index in [2.05, 4.69) is 17.5 Å². The van der Waals surface area contributed by atoms with Gasteiger partial charge in [-0.3, -0.25) is 9.59 Å². The average Bonchev–Trinajstić information content (AvgIpc) is 2.71. The number of hydrogen-bond acceptors (Lipinski definition) is 3. The topological polar surface area (TPSA) is 86.6 Å². The Bertz CT molecular complexity index is 435. The molecule has 20 heavy (non-hydrogen) atoms. The summed E-state index contributed by atoms with van der Waals surface area (Å²) in [4.78, 5) is 22.1. The van der Waals surface area contributed by atoms with Crippen LogP contribution in [0.2, 0.25) is 0 Å². The van der Waals surface area contributed by atoms with Crippen LogP contribution in [0.15, 0.2) is 23.3 Å². The van der Waals surface area contributed by atoms with Gasteiger partial charge in [-0.25, -0.2) is 0 Å². The molecule has 0 radical (unpaired) electrons. The second kappa shape index (κ2) is 7.24. The molecule has 0 saturated carbocycles. The van der Waals surface area contributed by atoms with Crippen molar-refractivity contribution in [3.63, 3.8) is 0 Å². The van der Waals surface area contributed by atoms with Crippen molar-refractivity contribution >= 4 is 11.9 Å². The fourth-order valence-electron chi connectivity index (χ4n) is 2.65. The van der Waals surface area contributed by atoms with E-state index in [9.17, 15) is 9.59 Å². The minimum absolute atomic E-state index is 0.0298.